The fourth-order valence-corrected chi connectivity index (χ4v) is 3.33. The Morgan fingerprint density at radius 1 is 1.29 bits per heavy atom. The molecule has 0 spiro atoms. The number of amides is 1. The fourth-order valence-electron chi connectivity index (χ4n) is 3.33. The third kappa shape index (κ3) is 3.53. The molecule has 1 aliphatic carbocycles. The van der Waals surface area contributed by atoms with Gasteiger partial charge in [0.15, 0.2) is 0 Å². The van der Waals surface area contributed by atoms with Gasteiger partial charge in [0.1, 0.15) is 0 Å². The molecule has 0 fully saturated rings. The van der Waals surface area contributed by atoms with Crippen LogP contribution in [0.4, 0.5) is 0 Å². The van der Waals surface area contributed by atoms with Crippen molar-refractivity contribution in [3.05, 3.63) is 47.0 Å². The van der Waals surface area contributed by atoms with Gasteiger partial charge in [-0.1, -0.05) is 35.9 Å². The summed E-state index contributed by atoms with van der Waals surface area (Å²) in [5.74, 6) is 0.112. The zero-order valence-electron chi connectivity index (χ0n) is 12.5. The number of rotatable bonds is 4. The maximum absolute atomic E-state index is 12.4. The Hall–Kier alpha value is -1.61. The first-order valence-corrected chi connectivity index (χ1v) is 8.09. The lowest BCUT2D eigenvalue weighted by Gasteiger charge is -2.25. The van der Waals surface area contributed by atoms with Gasteiger partial charge in [-0.2, -0.15) is 0 Å². The predicted octanol–water partition coefficient (Wildman–Crippen LogP) is 2.88. The summed E-state index contributed by atoms with van der Waals surface area (Å²) in [5.41, 5.74) is 3.95. The Labute approximate surface area is 126 Å². The van der Waals surface area contributed by atoms with E-state index in [-0.39, 0.29) is 11.8 Å². The van der Waals surface area contributed by atoms with Crippen molar-refractivity contribution in [1.82, 2.24) is 10.6 Å². The third-order valence-corrected chi connectivity index (χ3v) is 4.54. The predicted molar refractivity (Wildman–Crippen MR) is 85.1 cm³/mol. The Bertz CT molecular complexity index is 536. The van der Waals surface area contributed by atoms with E-state index in [4.69, 9.17) is 0 Å². The van der Waals surface area contributed by atoms with Gasteiger partial charge in [0.05, 0.1) is 5.92 Å². The average Bonchev–Trinajstić information content (AvgIpc) is 2.55. The third-order valence-electron chi connectivity index (χ3n) is 4.54. The number of allylic oxidation sites excluding steroid dienone is 1. The van der Waals surface area contributed by atoms with Gasteiger partial charge in [0.25, 0.3) is 0 Å². The van der Waals surface area contributed by atoms with E-state index >= 15 is 0 Å². The quantitative estimate of drug-likeness (QED) is 0.835. The van der Waals surface area contributed by atoms with Crippen LogP contribution in [-0.2, 0) is 11.3 Å². The molecule has 2 N–H and O–H groups in total. The Balaban J connectivity index is 1.55. The summed E-state index contributed by atoms with van der Waals surface area (Å²) in [7, 11) is 0. The smallest absolute Gasteiger partial charge is 0.228 e. The zero-order valence-corrected chi connectivity index (χ0v) is 12.5. The molecule has 1 amide bonds. The van der Waals surface area contributed by atoms with E-state index in [1.165, 1.54) is 42.4 Å². The standard InChI is InChI=1S/C18H24N2O/c21-18(20-11-10-14-6-2-1-3-7-14)17-13-19-12-15-8-4-5-9-16(15)17/h4-6,8-9,17,19H,1-3,7,10-13H2,(H,20,21). The minimum absolute atomic E-state index is 0.0460. The van der Waals surface area contributed by atoms with Crippen molar-refractivity contribution in [1.29, 1.82) is 0 Å². The Morgan fingerprint density at radius 3 is 3.05 bits per heavy atom. The molecule has 1 aromatic rings. The van der Waals surface area contributed by atoms with Crippen LogP contribution < -0.4 is 10.6 Å². The molecule has 0 aromatic heterocycles. The molecular weight excluding hydrogens is 260 g/mol. The summed E-state index contributed by atoms with van der Waals surface area (Å²) in [5, 5.41) is 6.46. The van der Waals surface area contributed by atoms with Gasteiger partial charge in [0.2, 0.25) is 5.91 Å². The molecule has 2 aliphatic rings. The summed E-state index contributed by atoms with van der Waals surface area (Å²) in [4.78, 5) is 12.4. The number of hydrogen-bond donors (Lipinski definition) is 2. The number of nitrogens with one attached hydrogen (secondary N) is 2. The van der Waals surface area contributed by atoms with Crippen molar-refractivity contribution < 1.29 is 4.79 Å². The molecule has 0 saturated heterocycles. The molecule has 0 radical (unpaired) electrons. The van der Waals surface area contributed by atoms with Gasteiger partial charge in [-0.05, 0) is 43.2 Å². The first kappa shape index (κ1) is 14.3. The zero-order chi connectivity index (χ0) is 14.5. The highest BCUT2D eigenvalue weighted by Gasteiger charge is 2.25. The second-order valence-corrected chi connectivity index (χ2v) is 6.03. The van der Waals surface area contributed by atoms with Gasteiger partial charge >= 0.3 is 0 Å². The Morgan fingerprint density at radius 2 is 2.19 bits per heavy atom. The highest BCUT2D eigenvalue weighted by Crippen LogP contribution is 2.24. The van der Waals surface area contributed by atoms with E-state index in [1.807, 2.05) is 12.1 Å². The maximum Gasteiger partial charge on any atom is 0.228 e. The van der Waals surface area contributed by atoms with Crippen molar-refractivity contribution in [2.45, 2.75) is 44.6 Å². The summed E-state index contributed by atoms with van der Waals surface area (Å²) < 4.78 is 0. The van der Waals surface area contributed by atoms with Crippen LogP contribution in [0.15, 0.2) is 35.9 Å². The molecule has 0 saturated carbocycles. The highest BCUT2D eigenvalue weighted by atomic mass is 16.1. The minimum atomic E-state index is -0.0460. The summed E-state index contributed by atoms with van der Waals surface area (Å²) >= 11 is 0. The molecule has 3 heteroatoms. The van der Waals surface area contributed by atoms with Crippen LogP contribution in [0.5, 0.6) is 0 Å². The van der Waals surface area contributed by atoms with E-state index in [0.717, 1.165) is 26.1 Å². The van der Waals surface area contributed by atoms with Crippen molar-refractivity contribution in [2.75, 3.05) is 13.1 Å². The van der Waals surface area contributed by atoms with Gasteiger partial charge in [0, 0.05) is 19.6 Å². The molecule has 1 heterocycles. The van der Waals surface area contributed by atoms with Crippen LogP contribution in [0, 0.1) is 0 Å². The molecule has 1 atom stereocenters. The van der Waals surface area contributed by atoms with Crippen LogP contribution in [0.3, 0.4) is 0 Å². The van der Waals surface area contributed by atoms with E-state index in [2.05, 4.69) is 28.8 Å². The Kier molecular flexibility index (Phi) is 4.71. The topological polar surface area (TPSA) is 41.1 Å². The summed E-state index contributed by atoms with van der Waals surface area (Å²) in [6.07, 6.45) is 8.41. The molecule has 21 heavy (non-hydrogen) atoms. The lowest BCUT2D eigenvalue weighted by atomic mass is 9.90. The maximum atomic E-state index is 12.4. The van der Waals surface area contributed by atoms with Crippen molar-refractivity contribution in [2.24, 2.45) is 0 Å². The van der Waals surface area contributed by atoms with Gasteiger partial charge in [-0.25, -0.2) is 0 Å². The number of fused-ring (bicyclic) bond motifs is 1. The second-order valence-electron chi connectivity index (χ2n) is 6.03. The number of carbonyl (C=O) groups excluding carboxylic acids is 1. The van der Waals surface area contributed by atoms with E-state index < -0.39 is 0 Å². The minimum Gasteiger partial charge on any atom is -0.355 e. The monoisotopic (exact) mass is 284 g/mol. The number of hydrogen-bond acceptors (Lipinski definition) is 2. The lowest BCUT2D eigenvalue weighted by molar-refractivity contribution is -0.122. The van der Waals surface area contributed by atoms with Crippen LogP contribution in [0.2, 0.25) is 0 Å². The molecule has 112 valence electrons. The molecule has 3 rings (SSSR count). The fraction of sp³-hybridized carbons (Fsp3) is 0.500. The van der Waals surface area contributed by atoms with Crippen molar-refractivity contribution in [3.63, 3.8) is 0 Å². The van der Waals surface area contributed by atoms with Crippen LogP contribution in [0.1, 0.15) is 49.1 Å². The number of benzene rings is 1. The second kappa shape index (κ2) is 6.90. The highest BCUT2D eigenvalue weighted by molar-refractivity contribution is 5.84. The van der Waals surface area contributed by atoms with E-state index in [1.54, 1.807) is 0 Å². The summed E-state index contributed by atoms with van der Waals surface area (Å²) in [6, 6.07) is 8.26. The van der Waals surface area contributed by atoms with Crippen LogP contribution >= 0.6 is 0 Å². The molecule has 1 unspecified atom stereocenters. The number of carbonyl (C=O) groups is 1. The largest absolute Gasteiger partial charge is 0.355 e. The van der Waals surface area contributed by atoms with Crippen molar-refractivity contribution in [3.8, 4) is 0 Å². The van der Waals surface area contributed by atoms with E-state index in [9.17, 15) is 4.79 Å². The average molecular weight is 284 g/mol. The van der Waals surface area contributed by atoms with Crippen molar-refractivity contribution >= 4 is 5.91 Å². The molecule has 0 bridgehead atoms. The normalized spacial score (nSPS) is 21.3. The van der Waals surface area contributed by atoms with Gasteiger partial charge in [-0.15, -0.1) is 0 Å². The van der Waals surface area contributed by atoms with Gasteiger partial charge < -0.3 is 10.6 Å². The summed E-state index contributed by atoms with van der Waals surface area (Å²) in [6.45, 7) is 2.38. The molecule has 1 aliphatic heterocycles. The lowest BCUT2D eigenvalue weighted by Crippen LogP contribution is -2.39. The SMILES string of the molecule is O=C(NCCC1=CCCCC1)C1CNCc2ccccc21. The molecular formula is C18H24N2O. The van der Waals surface area contributed by atoms with Crippen LogP contribution in [0.25, 0.3) is 0 Å². The van der Waals surface area contributed by atoms with Crippen LogP contribution in [-0.4, -0.2) is 19.0 Å². The first-order valence-electron chi connectivity index (χ1n) is 8.09. The first-order chi connectivity index (χ1) is 10.3. The van der Waals surface area contributed by atoms with Gasteiger partial charge in [-0.3, -0.25) is 4.79 Å². The van der Waals surface area contributed by atoms with E-state index in [0.29, 0.717) is 0 Å². The molecule has 3 nitrogen and oxygen atoms in total. The molecule has 1 aromatic carbocycles.